The van der Waals surface area contributed by atoms with Crippen molar-refractivity contribution in [2.75, 3.05) is 32.9 Å². The molecule has 4 nitrogen and oxygen atoms in total. The molecule has 0 aliphatic carbocycles. The summed E-state index contributed by atoms with van der Waals surface area (Å²) in [7, 11) is 0. The summed E-state index contributed by atoms with van der Waals surface area (Å²) >= 11 is 11.6. The summed E-state index contributed by atoms with van der Waals surface area (Å²) in [4.78, 5) is 3.17. The summed E-state index contributed by atoms with van der Waals surface area (Å²) in [5.74, 6) is 2.18. The van der Waals surface area contributed by atoms with E-state index in [1.54, 1.807) is 12.1 Å². The molecule has 0 spiro atoms. The SMILES string of the molecule is CCOc1cc(C(=S)N2CCCCC2)ccc1OCCOc1ccc(Cl)cc1. The number of thiocarbonyl (C=S) groups is 1. The lowest BCUT2D eigenvalue weighted by Crippen LogP contribution is -2.34. The normalized spacial score (nSPS) is 13.9. The number of rotatable bonds is 8. The molecule has 0 N–H and O–H groups in total. The predicted octanol–water partition coefficient (Wildman–Crippen LogP) is 5.36. The highest BCUT2D eigenvalue weighted by atomic mass is 35.5. The van der Waals surface area contributed by atoms with Gasteiger partial charge in [-0.1, -0.05) is 23.8 Å². The molecule has 0 amide bonds. The number of ether oxygens (including phenoxy) is 3. The monoisotopic (exact) mass is 419 g/mol. The Kier molecular flexibility index (Phi) is 7.80. The van der Waals surface area contributed by atoms with Gasteiger partial charge in [0.1, 0.15) is 24.0 Å². The summed E-state index contributed by atoms with van der Waals surface area (Å²) in [5.41, 5.74) is 1.00. The molecule has 2 aromatic carbocycles. The standard InChI is InChI=1S/C22H26ClNO3S/c1-2-25-21-16-17(22(28)24-12-4-3-5-13-24)6-11-20(21)27-15-14-26-19-9-7-18(23)8-10-19/h6-11,16H,2-5,12-15H2,1H3. The molecule has 6 heteroatoms. The molecule has 1 fully saturated rings. The van der Waals surface area contributed by atoms with Crippen molar-refractivity contribution in [1.82, 2.24) is 4.90 Å². The molecule has 0 bridgehead atoms. The minimum Gasteiger partial charge on any atom is -0.490 e. The average molecular weight is 420 g/mol. The van der Waals surface area contributed by atoms with E-state index in [-0.39, 0.29) is 0 Å². The molecule has 1 aliphatic rings. The van der Waals surface area contributed by atoms with Crippen LogP contribution in [0.5, 0.6) is 17.2 Å². The van der Waals surface area contributed by atoms with Crippen molar-refractivity contribution in [2.45, 2.75) is 26.2 Å². The molecule has 0 atom stereocenters. The van der Waals surface area contributed by atoms with Crippen LogP contribution in [0.15, 0.2) is 42.5 Å². The van der Waals surface area contributed by atoms with E-state index < -0.39 is 0 Å². The Morgan fingerprint density at radius 2 is 1.64 bits per heavy atom. The van der Waals surface area contributed by atoms with E-state index in [1.165, 1.54) is 19.3 Å². The fourth-order valence-electron chi connectivity index (χ4n) is 3.15. The third kappa shape index (κ3) is 5.76. The quantitative estimate of drug-likeness (QED) is 0.424. The van der Waals surface area contributed by atoms with Crippen LogP contribution >= 0.6 is 23.8 Å². The van der Waals surface area contributed by atoms with Crippen LogP contribution in [0.1, 0.15) is 31.7 Å². The van der Waals surface area contributed by atoms with Crippen LogP contribution < -0.4 is 14.2 Å². The van der Waals surface area contributed by atoms with Crippen molar-refractivity contribution in [2.24, 2.45) is 0 Å². The van der Waals surface area contributed by atoms with Crippen LogP contribution in [0.25, 0.3) is 0 Å². The third-order valence-electron chi connectivity index (χ3n) is 4.56. The van der Waals surface area contributed by atoms with Crippen molar-refractivity contribution in [3.05, 3.63) is 53.1 Å². The van der Waals surface area contributed by atoms with E-state index >= 15 is 0 Å². The third-order valence-corrected chi connectivity index (χ3v) is 5.30. The first-order chi connectivity index (χ1) is 13.7. The highest BCUT2D eigenvalue weighted by Gasteiger charge is 2.17. The molecule has 0 radical (unpaired) electrons. The van der Waals surface area contributed by atoms with Gasteiger partial charge in [-0.3, -0.25) is 0 Å². The van der Waals surface area contributed by atoms with Crippen molar-refractivity contribution >= 4 is 28.8 Å². The molecule has 0 unspecified atom stereocenters. The highest BCUT2D eigenvalue weighted by molar-refractivity contribution is 7.80. The molecule has 0 aromatic heterocycles. The van der Waals surface area contributed by atoms with Gasteiger partial charge in [-0.2, -0.15) is 0 Å². The van der Waals surface area contributed by atoms with Gasteiger partial charge in [0, 0.05) is 23.7 Å². The van der Waals surface area contributed by atoms with Crippen LogP contribution in [0.3, 0.4) is 0 Å². The van der Waals surface area contributed by atoms with Crippen LogP contribution in [-0.4, -0.2) is 42.8 Å². The molecular weight excluding hydrogens is 394 g/mol. The van der Waals surface area contributed by atoms with Gasteiger partial charge in [0.15, 0.2) is 11.5 Å². The zero-order valence-electron chi connectivity index (χ0n) is 16.2. The van der Waals surface area contributed by atoms with E-state index in [4.69, 9.17) is 38.0 Å². The number of likely N-dealkylation sites (tertiary alicyclic amines) is 1. The van der Waals surface area contributed by atoms with E-state index in [2.05, 4.69) is 4.90 Å². The maximum Gasteiger partial charge on any atom is 0.161 e. The highest BCUT2D eigenvalue weighted by Crippen LogP contribution is 2.30. The van der Waals surface area contributed by atoms with E-state index in [1.807, 2.05) is 37.3 Å². The van der Waals surface area contributed by atoms with E-state index in [0.717, 1.165) is 29.4 Å². The Labute approximate surface area is 177 Å². The summed E-state index contributed by atoms with van der Waals surface area (Å²) in [5, 5.41) is 0.688. The largest absolute Gasteiger partial charge is 0.490 e. The fourth-order valence-corrected chi connectivity index (χ4v) is 3.59. The van der Waals surface area contributed by atoms with Gasteiger partial charge in [0.05, 0.1) is 6.61 Å². The second-order valence-electron chi connectivity index (χ2n) is 6.60. The molecule has 1 saturated heterocycles. The molecule has 1 heterocycles. The topological polar surface area (TPSA) is 30.9 Å². The smallest absolute Gasteiger partial charge is 0.161 e. The number of benzene rings is 2. The lowest BCUT2D eigenvalue weighted by Gasteiger charge is -2.29. The van der Waals surface area contributed by atoms with E-state index in [9.17, 15) is 0 Å². The van der Waals surface area contributed by atoms with Crippen molar-refractivity contribution in [3.63, 3.8) is 0 Å². The Balaban J connectivity index is 1.58. The molecule has 3 rings (SSSR count). The Morgan fingerprint density at radius 1 is 0.929 bits per heavy atom. The maximum absolute atomic E-state index is 5.88. The first-order valence-corrected chi connectivity index (χ1v) is 10.5. The molecule has 2 aromatic rings. The first kappa shape index (κ1) is 20.7. The molecule has 1 aliphatic heterocycles. The Bertz CT molecular complexity index is 776. The Morgan fingerprint density at radius 3 is 2.36 bits per heavy atom. The Hall–Kier alpha value is -1.98. The number of hydrogen-bond acceptors (Lipinski definition) is 4. The molecule has 28 heavy (non-hydrogen) atoms. The van der Waals surface area contributed by atoms with Crippen molar-refractivity contribution in [3.8, 4) is 17.2 Å². The van der Waals surface area contributed by atoms with Gasteiger partial charge in [-0.15, -0.1) is 0 Å². The number of halogens is 1. The van der Waals surface area contributed by atoms with Crippen molar-refractivity contribution < 1.29 is 14.2 Å². The van der Waals surface area contributed by atoms with Crippen molar-refractivity contribution in [1.29, 1.82) is 0 Å². The minimum absolute atomic E-state index is 0.415. The summed E-state index contributed by atoms with van der Waals surface area (Å²) < 4.78 is 17.3. The zero-order valence-corrected chi connectivity index (χ0v) is 17.7. The maximum atomic E-state index is 5.88. The zero-order chi connectivity index (χ0) is 19.8. The lowest BCUT2D eigenvalue weighted by atomic mass is 10.1. The first-order valence-electron chi connectivity index (χ1n) is 9.74. The lowest BCUT2D eigenvalue weighted by molar-refractivity contribution is 0.208. The van der Waals surface area contributed by atoms with Crippen LogP contribution in [-0.2, 0) is 0 Å². The van der Waals surface area contributed by atoms with Gasteiger partial charge in [0.25, 0.3) is 0 Å². The molecule has 150 valence electrons. The van der Waals surface area contributed by atoms with Gasteiger partial charge in [0.2, 0.25) is 0 Å². The molecular formula is C22H26ClNO3S. The van der Waals surface area contributed by atoms with Crippen LogP contribution in [0.2, 0.25) is 5.02 Å². The second kappa shape index (κ2) is 10.5. The van der Waals surface area contributed by atoms with Gasteiger partial charge in [-0.25, -0.2) is 0 Å². The number of piperidine rings is 1. The number of hydrogen-bond donors (Lipinski definition) is 0. The summed E-state index contributed by atoms with van der Waals surface area (Å²) in [6, 6.07) is 13.2. The van der Waals surface area contributed by atoms with Gasteiger partial charge >= 0.3 is 0 Å². The van der Waals surface area contributed by atoms with Crippen LogP contribution in [0, 0.1) is 0 Å². The van der Waals surface area contributed by atoms with E-state index in [0.29, 0.717) is 36.3 Å². The second-order valence-corrected chi connectivity index (χ2v) is 7.42. The molecule has 0 saturated carbocycles. The fraction of sp³-hybridized carbons (Fsp3) is 0.409. The minimum atomic E-state index is 0.415. The predicted molar refractivity (Wildman–Crippen MR) is 117 cm³/mol. The summed E-state index contributed by atoms with van der Waals surface area (Å²) in [6.45, 7) is 5.44. The van der Waals surface area contributed by atoms with Gasteiger partial charge in [-0.05, 0) is 68.7 Å². The average Bonchev–Trinajstić information content (AvgIpc) is 2.73. The van der Waals surface area contributed by atoms with Crippen LogP contribution in [0.4, 0.5) is 0 Å². The van der Waals surface area contributed by atoms with Gasteiger partial charge < -0.3 is 19.1 Å². The summed E-state index contributed by atoms with van der Waals surface area (Å²) in [6.07, 6.45) is 3.69. The number of nitrogens with zero attached hydrogens (tertiary/aromatic N) is 1.